The second-order valence-electron chi connectivity index (χ2n) is 3.96. The van der Waals surface area contributed by atoms with E-state index < -0.39 is 0 Å². The van der Waals surface area contributed by atoms with Crippen LogP contribution in [0.4, 0.5) is 0 Å². The predicted molar refractivity (Wildman–Crippen MR) is 66.5 cm³/mol. The molecule has 1 fully saturated rings. The molecule has 1 nitrogen and oxygen atoms in total. The van der Waals surface area contributed by atoms with E-state index in [1.165, 1.54) is 12.8 Å². The lowest BCUT2D eigenvalue weighted by Gasteiger charge is -2.25. The molecule has 78 valence electrons. The van der Waals surface area contributed by atoms with Crippen LogP contribution >= 0.6 is 12.2 Å². The highest BCUT2D eigenvalue weighted by Gasteiger charge is 2.22. The van der Waals surface area contributed by atoms with Crippen LogP contribution < -0.4 is 0 Å². The fourth-order valence-corrected chi connectivity index (χ4v) is 2.32. The van der Waals surface area contributed by atoms with Gasteiger partial charge in [0, 0.05) is 19.0 Å². The Labute approximate surface area is 92.5 Å². The standard InChI is InChI=1S/C12H19NS/c1-4-7-11(10(2)3)12(14)13-8-5-6-9-13/h4,11H,1-2,5-9H2,3H3. The smallest absolute Gasteiger partial charge is 0.0854 e. The maximum Gasteiger partial charge on any atom is 0.0854 e. The molecular weight excluding hydrogens is 190 g/mol. The van der Waals surface area contributed by atoms with E-state index in [0.29, 0.717) is 5.92 Å². The Kier molecular flexibility index (Phi) is 4.33. The zero-order chi connectivity index (χ0) is 10.6. The molecule has 0 bridgehead atoms. The highest BCUT2D eigenvalue weighted by molar-refractivity contribution is 7.80. The number of allylic oxidation sites excluding steroid dienone is 1. The molecule has 0 saturated carbocycles. The van der Waals surface area contributed by atoms with Gasteiger partial charge >= 0.3 is 0 Å². The van der Waals surface area contributed by atoms with Gasteiger partial charge in [0.25, 0.3) is 0 Å². The molecule has 14 heavy (non-hydrogen) atoms. The van der Waals surface area contributed by atoms with Crippen molar-refractivity contribution in [1.29, 1.82) is 0 Å². The minimum absolute atomic E-state index is 0.320. The molecule has 0 radical (unpaired) electrons. The summed E-state index contributed by atoms with van der Waals surface area (Å²) >= 11 is 5.49. The Balaban J connectivity index is 2.61. The number of thiocarbonyl (C=S) groups is 1. The average Bonchev–Trinajstić information content (AvgIpc) is 2.65. The van der Waals surface area contributed by atoms with Crippen LogP contribution in [0.3, 0.4) is 0 Å². The average molecular weight is 209 g/mol. The van der Waals surface area contributed by atoms with Crippen molar-refractivity contribution in [1.82, 2.24) is 4.90 Å². The number of hydrogen-bond acceptors (Lipinski definition) is 1. The number of hydrogen-bond donors (Lipinski definition) is 0. The Hall–Kier alpha value is -0.630. The lowest BCUT2D eigenvalue weighted by molar-refractivity contribution is 0.499. The maximum atomic E-state index is 5.49. The van der Waals surface area contributed by atoms with Gasteiger partial charge in [0.15, 0.2) is 0 Å². The Bertz CT molecular complexity index is 239. The van der Waals surface area contributed by atoms with Gasteiger partial charge in [-0.25, -0.2) is 0 Å². The zero-order valence-electron chi connectivity index (χ0n) is 8.96. The zero-order valence-corrected chi connectivity index (χ0v) is 9.78. The van der Waals surface area contributed by atoms with E-state index in [1.54, 1.807) is 0 Å². The van der Waals surface area contributed by atoms with Gasteiger partial charge in [-0.3, -0.25) is 0 Å². The number of rotatable bonds is 4. The molecule has 1 atom stereocenters. The molecule has 0 spiro atoms. The first-order valence-corrected chi connectivity index (χ1v) is 5.62. The van der Waals surface area contributed by atoms with Gasteiger partial charge in [-0.15, -0.1) is 6.58 Å². The molecule has 0 aromatic heterocycles. The topological polar surface area (TPSA) is 3.24 Å². The Morgan fingerprint density at radius 2 is 2.07 bits per heavy atom. The van der Waals surface area contributed by atoms with Gasteiger partial charge < -0.3 is 4.90 Å². The van der Waals surface area contributed by atoms with Crippen LogP contribution in [0.15, 0.2) is 24.8 Å². The first-order chi connectivity index (χ1) is 6.66. The number of nitrogens with zero attached hydrogens (tertiary/aromatic N) is 1. The van der Waals surface area contributed by atoms with Crippen molar-refractivity contribution in [3.8, 4) is 0 Å². The monoisotopic (exact) mass is 209 g/mol. The normalized spacial score (nSPS) is 17.9. The molecule has 1 saturated heterocycles. The molecule has 1 rings (SSSR count). The molecule has 1 heterocycles. The SMILES string of the molecule is C=CCC(C(=C)C)C(=S)N1CCCC1. The summed E-state index contributed by atoms with van der Waals surface area (Å²) in [5.41, 5.74) is 1.15. The quantitative estimate of drug-likeness (QED) is 0.517. The van der Waals surface area contributed by atoms with Crippen molar-refractivity contribution in [2.75, 3.05) is 13.1 Å². The fourth-order valence-electron chi connectivity index (χ4n) is 1.84. The Morgan fingerprint density at radius 3 is 2.50 bits per heavy atom. The van der Waals surface area contributed by atoms with Crippen molar-refractivity contribution in [3.05, 3.63) is 24.8 Å². The minimum Gasteiger partial charge on any atom is -0.366 e. The molecule has 0 aromatic rings. The lowest BCUT2D eigenvalue weighted by Crippen LogP contribution is -2.32. The van der Waals surface area contributed by atoms with E-state index in [-0.39, 0.29) is 0 Å². The summed E-state index contributed by atoms with van der Waals surface area (Å²) in [6, 6.07) is 0. The van der Waals surface area contributed by atoms with Crippen molar-refractivity contribution in [3.63, 3.8) is 0 Å². The van der Waals surface area contributed by atoms with Crippen LogP contribution in [0.5, 0.6) is 0 Å². The van der Waals surface area contributed by atoms with Crippen LogP contribution in [-0.4, -0.2) is 23.0 Å². The summed E-state index contributed by atoms with van der Waals surface area (Å²) in [6.45, 7) is 12.1. The Morgan fingerprint density at radius 1 is 1.50 bits per heavy atom. The summed E-state index contributed by atoms with van der Waals surface area (Å²) < 4.78 is 0. The van der Waals surface area contributed by atoms with Gasteiger partial charge in [0.1, 0.15) is 0 Å². The first-order valence-electron chi connectivity index (χ1n) is 5.22. The predicted octanol–water partition coefficient (Wildman–Crippen LogP) is 3.18. The molecule has 0 aromatic carbocycles. The summed E-state index contributed by atoms with van der Waals surface area (Å²) in [5, 5.41) is 0. The molecule has 0 aliphatic carbocycles. The van der Waals surface area contributed by atoms with Crippen molar-refractivity contribution < 1.29 is 0 Å². The van der Waals surface area contributed by atoms with E-state index >= 15 is 0 Å². The van der Waals surface area contributed by atoms with Crippen molar-refractivity contribution in [2.45, 2.75) is 26.2 Å². The van der Waals surface area contributed by atoms with Crippen LogP contribution in [-0.2, 0) is 0 Å². The van der Waals surface area contributed by atoms with Gasteiger partial charge in [-0.2, -0.15) is 0 Å². The maximum absolute atomic E-state index is 5.49. The summed E-state index contributed by atoms with van der Waals surface area (Å²) in [5.74, 6) is 0.320. The molecule has 1 unspecified atom stereocenters. The fraction of sp³-hybridized carbons (Fsp3) is 0.583. The largest absolute Gasteiger partial charge is 0.366 e. The van der Waals surface area contributed by atoms with E-state index in [9.17, 15) is 0 Å². The molecule has 2 heteroatoms. The second kappa shape index (κ2) is 5.30. The van der Waals surface area contributed by atoms with Crippen LogP contribution in [0.25, 0.3) is 0 Å². The van der Waals surface area contributed by atoms with Crippen LogP contribution in [0.1, 0.15) is 26.2 Å². The van der Waals surface area contributed by atoms with E-state index in [1.807, 2.05) is 6.08 Å². The van der Waals surface area contributed by atoms with E-state index in [2.05, 4.69) is 25.0 Å². The minimum atomic E-state index is 0.320. The van der Waals surface area contributed by atoms with Gasteiger partial charge in [-0.1, -0.05) is 30.4 Å². The van der Waals surface area contributed by atoms with Crippen LogP contribution in [0.2, 0.25) is 0 Å². The van der Waals surface area contributed by atoms with Crippen LogP contribution in [0, 0.1) is 5.92 Å². The third-order valence-corrected chi connectivity index (χ3v) is 3.26. The highest BCUT2D eigenvalue weighted by Crippen LogP contribution is 2.21. The lowest BCUT2D eigenvalue weighted by atomic mass is 9.97. The van der Waals surface area contributed by atoms with Gasteiger partial charge in [0.2, 0.25) is 0 Å². The summed E-state index contributed by atoms with van der Waals surface area (Å²) in [7, 11) is 0. The van der Waals surface area contributed by atoms with Gasteiger partial charge in [0.05, 0.1) is 4.99 Å². The summed E-state index contributed by atoms with van der Waals surface area (Å²) in [4.78, 5) is 3.38. The van der Waals surface area contributed by atoms with Crippen molar-refractivity contribution in [2.24, 2.45) is 5.92 Å². The van der Waals surface area contributed by atoms with Gasteiger partial charge in [-0.05, 0) is 26.2 Å². The van der Waals surface area contributed by atoms with E-state index in [0.717, 1.165) is 30.1 Å². The third-order valence-electron chi connectivity index (χ3n) is 2.71. The number of likely N-dealkylation sites (tertiary alicyclic amines) is 1. The second-order valence-corrected chi connectivity index (χ2v) is 4.37. The highest BCUT2D eigenvalue weighted by atomic mass is 32.1. The molecular formula is C12H19NS. The third kappa shape index (κ3) is 2.68. The van der Waals surface area contributed by atoms with E-state index in [4.69, 9.17) is 12.2 Å². The molecule has 0 N–H and O–H groups in total. The summed E-state index contributed by atoms with van der Waals surface area (Å²) in [6.07, 6.45) is 5.40. The molecule has 0 amide bonds. The van der Waals surface area contributed by atoms with Crippen molar-refractivity contribution >= 4 is 17.2 Å². The molecule has 1 aliphatic rings. The first kappa shape index (κ1) is 11.4. The molecule has 1 aliphatic heterocycles.